The largest absolute Gasteiger partial charge is 0.351 e. The van der Waals surface area contributed by atoms with Gasteiger partial charge in [-0.3, -0.25) is 4.79 Å². The normalized spacial score (nSPS) is 21.2. The minimum absolute atomic E-state index is 0.0128. The third-order valence-corrected chi connectivity index (χ3v) is 5.00. The molecule has 0 aromatic carbocycles. The van der Waals surface area contributed by atoms with Gasteiger partial charge in [-0.1, -0.05) is 20.8 Å². The lowest BCUT2D eigenvalue weighted by Gasteiger charge is -2.33. The summed E-state index contributed by atoms with van der Waals surface area (Å²) in [6.45, 7) is 7.50. The van der Waals surface area contributed by atoms with Gasteiger partial charge in [-0.05, 0) is 19.3 Å². The number of carbonyl (C=O) groups excluding carboxylic acids is 1. The quantitative estimate of drug-likeness (QED) is 0.767. The maximum absolute atomic E-state index is 12.0. The molecule has 1 rings (SSSR count). The summed E-state index contributed by atoms with van der Waals surface area (Å²) in [5.41, 5.74) is 0.0128. The van der Waals surface area contributed by atoms with Crippen LogP contribution in [0.1, 0.15) is 46.5 Å². The van der Waals surface area contributed by atoms with Crippen LogP contribution in [-0.2, 0) is 4.79 Å². The number of nitrogens with one attached hydrogen (secondary N) is 2. The first-order valence-electron chi connectivity index (χ1n) is 6.78. The Morgan fingerprint density at radius 1 is 1.35 bits per heavy atom. The van der Waals surface area contributed by atoms with Crippen LogP contribution in [0.4, 0.5) is 0 Å². The van der Waals surface area contributed by atoms with Gasteiger partial charge < -0.3 is 10.6 Å². The van der Waals surface area contributed by atoms with E-state index in [1.165, 1.54) is 5.75 Å². The predicted molar refractivity (Wildman–Crippen MR) is 75.5 cm³/mol. The molecular formula is C13H26N2OS. The van der Waals surface area contributed by atoms with Crippen LogP contribution in [0.5, 0.6) is 0 Å². The smallest absolute Gasteiger partial charge is 0.222 e. The maximum atomic E-state index is 12.0. The average molecular weight is 258 g/mol. The SMILES string of the molecule is CCC(CC)(CC)NC(=O)CC1CSCCN1. The van der Waals surface area contributed by atoms with Crippen molar-refractivity contribution < 1.29 is 4.79 Å². The van der Waals surface area contributed by atoms with E-state index in [-0.39, 0.29) is 11.4 Å². The summed E-state index contributed by atoms with van der Waals surface area (Å²) in [6.07, 6.45) is 3.66. The molecule has 100 valence electrons. The fourth-order valence-electron chi connectivity index (χ4n) is 2.34. The molecule has 1 unspecified atom stereocenters. The van der Waals surface area contributed by atoms with Gasteiger partial charge >= 0.3 is 0 Å². The fourth-order valence-corrected chi connectivity index (χ4v) is 3.29. The third-order valence-electron chi connectivity index (χ3n) is 3.87. The highest BCUT2D eigenvalue weighted by Crippen LogP contribution is 2.20. The van der Waals surface area contributed by atoms with Gasteiger partial charge in [0.15, 0.2) is 0 Å². The Hall–Kier alpha value is -0.220. The van der Waals surface area contributed by atoms with E-state index in [4.69, 9.17) is 0 Å². The first-order chi connectivity index (χ1) is 8.15. The molecule has 17 heavy (non-hydrogen) atoms. The minimum Gasteiger partial charge on any atom is -0.351 e. The van der Waals surface area contributed by atoms with Crippen molar-refractivity contribution in [3.63, 3.8) is 0 Å². The molecule has 1 fully saturated rings. The fraction of sp³-hybridized carbons (Fsp3) is 0.923. The van der Waals surface area contributed by atoms with Crippen LogP contribution in [0.2, 0.25) is 0 Å². The van der Waals surface area contributed by atoms with Gasteiger partial charge in [-0.2, -0.15) is 11.8 Å². The lowest BCUT2D eigenvalue weighted by Crippen LogP contribution is -2.49. The van der Waals surface area contributed by atoms with E-state index < -0.39 is 0 Å². The molecular weight excluding hydrogens is 232 g/mol. The van der Waals surface area contributed by atoms with E-state index in [2.05, 4.69) is 31.4 Å². The zero-order valence-electron chi connectivity index (χ0n) is 11.3. The topological polar surface area (TPSA) is 41.1 Å². The zero-order valence-corrected chi connectivity index (χ0v) is 12.2. The Morgan fingerprint density at radius 2 is 2.00 bits per heavy atom. The first kappa shape index (κ1) is 14.8. The third kappa shape index (κ3) is 4.51. The molecule has 0 bridgehead atoms. The second-order valence-corrected chi connectivity index (χ2v) is 5.97. The van der Waals surface area contributed by atoms with Crippen molar-refractivity contribution in [2.75, 3.05) is 18.1 Å². The average Bonchev–Trinajstić information content (AvgIpc) is 2.37. The highest BCUT2D eigenvalue weighted by molar-refractivity contribution is 7.99. The zero-order chi connectivity index (χ0) is 12.7. The van der Waals surface area contributed by atoms with Crippen molar-refractivity contribution >= 4 is 17.7 Å². The van der Waals surface area contributed by atoms with E-state index in [0.717, 1.165) is 31.6 Å². The van der Waals surface area contributed by atoms with Gasteiger partial charge in [0.2, 0.25) is 5.91 Å². The molecule has 1 amide bonds. The standard InChI is InChI=1S/C13H26N2OS/c1-4-13(5-2,6-3)15-12(16)9-11-10-17-8-7-14-11/h11,14H,4-10H2,1-3H3,(H,15,16). The van der Waals surface area contributed by atoms with Gasteiger partial charge in [-0.15, -0.1) is 0 Å². The number of carbonyl (C=O) groups is 1. The van der Waals surface area contributed by atoms with E-state index >= 15 is 0 Å². The molecule has 3 nitrogen and oxygen atoms in total. The van der Waals surface area contributed by atoms with Gasteiger partial charge in [-0.25, -0.2) is 0 Å². The molecule has 1 aliphatic heterocycles. The molecule has 0 radical (unpaired) electrons. The Bertz CT molecular complexity index is 227. The van der Waals surface area contributed by atoms with Crippen LogP contribution in [0.25, 0.3) is 0 Å². The summed E-state index contributed by atoms with van der Waals surface area (Å²) in [4.78, 5) is 12.0. The Morgan fingerprint density at radius 3 is 2.47 bits per heavy atom. The summed E-state index contributed by atoms with van der Waals surface area (Å²) < 4.78 is 0. The van der Waals surface area contributed by atoms with E-state index in [0.29, 0.717) is 12.5 Å². The van der Waals surface area contributed by atoms with Crippen LogP contribution in [0.3, 0.4) is 0 Å². The monoisotopic (exact) mass is 258 g/mol. The first-order valence-corrected chi connectivity index (χ1v) is 7.93. The van der Waals surface area contributed by atoms with E-state index in [1.54, 1.807) is 0 Å². The predicted octanol–water partition coefficient (Wildman–Crippen LogP) is 2.17. The lowest BCUT2D eigenvalue weighted by atomic mass is 9.89. The molecule has 0 saturated carbocycles. The Balaban J connectivity index is 2.41. The van der Waals surface area contributed by atoms with Crippen LogP contribution >= 0.6 is 11.8 Å². The second kappa shape index (κ2) is 7.27. The van der Waals surface area contributed by atoms with Gasteiger partial charge in [0.05, 0.1) is 0 Å². The highest BCUT2D eigenvalue weighted by atomic mass is 32.2. The molecule has 2 N–H and O–H groups in total. The number of amides is 1. The second-order valence-electron chi connectivity index (χ2n) is 4.82. The molecule has 0 aromatic heterocycles. The van der Waals surface area contributed by atoms with Gasteiger partial charge in [0, 0.05) is 36.1 Å². The summed E-state index contributed by atoms with van der Waals surface area (Å²) in [5.74, 6) is 2.43. The lowest BCUT2D eigenvalue weighted by molar-refractivity contribution is -0.123. The summed E-state index contributed by atoms with van der Waals surface area (Å²) in [7, 11) is 0. The van der Waals surface area contributed by atoms with Crippen molar-refractivity contribution in [3.05, 3.63) is 0 Å². The summed E-state index contributed by atoms with van der Waals surface area (Å²) in [6, 6.07) is 0.358. The highest BCUT2D eigenvalue weighted by Gasteiger charge is 2.27. The number of hydrogen-bond donors (Lipinski definition) is 2. The Kier molecular flexibility index (Phi) is 6.34. The van der Waals surface area contributed by atoms with Gasteiger partial charge in [0.25, 0.3) is 0 Å². The molecule has 1 saturated heterocycles. The van der Waals surface area contributed by atoms with Crippen LogP contribution < -0.4 is 10.6 Å². The van der Waals surface area contributed by atoms with Crippen LogP contribution in [0, 0.1) is 0 Å². The molecule has 4 heteroatoms. The van der Waals surface area contributed by atoms with Crippen LogP contribution in [-0.4, -0.2) is 35.5 Å². The van der Waals surface area contributed by atoms with Crippen molar-refractivity contribution in [1.82, 2.24) is 10.6 Å². The molecule has 0 aromatic rings. The molecule has 1 atom stereocenters. The number of thioether (sulfide) groups is 1. The molecule has 0 aliphatic carbocycles. The maximum Gasteiger partial charge on any atom is 0.222 e. The molecule has 1 heterocycles. The Labute approximate surface area is 109 Å². The van der Waals surface area contributed by atoms with Crippen LogP contribution in [0.15, 0.2) is 0 Å². The van der Waals surface area contributed by atoms with E-state index in [1.807, 2.05) is 11.8 Å². The van der Waals surface area contributed by atoms with Crippen molar-refractivity contribution in [2.45, 2.75) is 58.0 Å². The molecule has 0 spiro atoms. The van der Waals surface area contributed by atoms with Crippen molar-refractivity contribution in [1.29, 1.82) is 0 Å². The molecule has 1 aliphatic rings. The summed E-state index contributed by atoms with van der Waals surface area (Å²) >= 11 is 1.94. The number of rotatable bonds is 6. The number of hydrogen-bond acceptors (Lipinski definition) is 3. The van der Waals surface area contributed by atoms with Crippen molar-refractivity contribution in [2.24, 2.45) is 0 Å². The van der Waals surface area contributed by atoms with E-state index in [9.17, 15) is 4.79 Å². The summed E-state index contributed by atoms with van der Waals surface area (Å²) in [5, 5.41) is 6.65. The minimum atomic E-state index is 0.0128. The van der Waals surface area contributed by atoms with Crippen molar-refractivity contribution in [3.8, 4) is 0 Å². The van der Waals surface area contributed by atoms with Gasteiger partial charge in [0.1, 0.15) is 0 Å².